The van der Waals surface area contributed by atoms with Crippen LogP contribution >= 0.6 is 0 Å². The molecule has 6 N–H and O–H groups in total. The lowest BCUT2D eigenvalue weighted by Gasteiger charge is -2.19. The SMILES string of the molecule is C[C@@H](O)[C@H](NC(=O)c1ccc(C#Cc2ccc(NC(=O)[C@@H]3CCCN3)cc2)cc1)C(=O)NO. The largest absolute Gasteiger partial charge is 0.391 e. The number of carbonyl (C=O) groups excluding carboxylic acids is 3. The number of hydrogen-bond acceptors (Lipinski definition) is 6. The lowest BCUT2D eigenvalue weighted by molar-refractivity contribution is -0.133. The second kappa shape index (κ2) is 11.2. The van der Waals surface area contributed by atoms with E-state index in [4.69, 9.17) is 5.21 Å². The van der Waals surface area contributed by atoms with Gasteiger partial charge in [-0.05, 0) is 74.8 Å². The summed E-state index contributed by atoms with van der Waals surface area (Å²) in [5.41, 5.74) is 3.84. The van der Waals surface area contributed by atoms with Crippen LogP contribution in [0.15, 0.2) is 48.5 Å². The third-order valence-corrected chi connectivity index (χ3v) is 5.19. The molecule has 3 atom stereocenters. The molecular weight excluding hydrogens is 424 g/mol. The molecule has 0 saturated carbocycles. The quantitative estimate of drug-likeness (QED) is 0.218. The predicted octanol–water partition coefficient (Wildman–Crippen LogP) is 0.762. The van der Waals surface area contributed by atoms with E-state index in [2.05, 4.69) is 27.8 Å². The second-order valence-electron chi connectivity index (χ2n) is 7.71. The van der Waals surface area contributed by atoms with Crippen LogP contribution in [0.5, 0.6) is 0 Å². The minimum Gasteiger partial charge on any atom is -0.391 e. The highest BCUT2D eigenvalue weighted by Gasteiger charge is 2.25. The van der Waals surface area contributed by atoms with Crippen LogP contribution in [0.3, 0.4) is 0 Å². The van der Waals surface area contributed by atoms with E-state index in [0.717, 1.165) is 24.9 Å². The van der Waals surface area contributed by atoms with E-state index in [1.807, 2.05) is 12.1 Å². The Hall–Kier alpha value is -3.71. The van der Waals surface area contributed by atoms with Crippen molar-refractivity contribution in [1.82, 2.24) is 16.1 Å². The van der Waals surface area contributed by atoms with E-state index in [-0.39, 0.29) is 17.5 Å². The van der Waals surface area contributed by atoms with Crippen molar-refractivity contribution < 1.29 is 24.7 Å². The lowest BCUT2D eigenvalue weighted by atomic mass is 10.1. The number of hydrogen-bond donors (Lipinski definition) is 6. The fourth-order valence-electron chi connectivity index (χ4n) is 3.32. The molecule has 3 amide bonds. The fourth-order valence-corrected chi connectivity index (χ4v) is 3.32. The summed E-state index contributed by atoms with van der Waals surface area (Å²) in [7, 11) is 0. The smallest absolute Gasteiger partial charge is 0.268 e. The summed E-state index contributed by atoms with van der Waals surface area (Å²) in [4.78, 5) is 36.0. The zero-order valence-corrected chi connectivity index (χ0v) is 18.1. The van der Waals surface area contributed by atoms with Crippen LogP contribution in [0.2, 0.25) is 0 Å². The van der Waals surface area contributed by atoms with Gasteiger partial charge in [-0.3, -0.25) is 19.6 Å². The standard InChI is InChI=1S/C24H26N4O5/c1-15(29)21(24(32)28-33)27-22(30)18-10-6-16(7-11-18)4-5-17-8-12-19(13-9-17)26-23(31)20-3-2-14-25-20/h6-13,15,20-21,25,29,33H,2-3,14H2,1H3,(H,26,31)(H,27,30)(H,28,32)/t15-,20+,21+/m1/s1. The van der Waals surface area contributed by atoms with Gasteiger partial charge >= 0.3 is 0 Å². The molecule has 33 heavy (non-hydrogen) atoms. The van der Waals surface area contributed by atoms with Gasteiger partial charge in [0.2, 0.25) is 5.91 Å². The Kier molecular flexibility index (Phi) is 8.16. The van der Waals surface area contributed by atoms with Gasteiger partial charge in [0.25, 0.3) is 11.8 Å². The first-order valence-electron chi connectivity index (χ1n) is 10.6. The summed E-state index contributed by atoms with van der Waals surface area (Å²) in [6.07, 6.45) is 0.654. The molecule has 9 nitrogen and oxygen atoms in total. The summed E-state index contributed by atoms with van der Waals surface area (Å²) in [6.45, 7) is 2.19. The Morgan fingerprint density at radius 1 is 1.03 bits per heavy atom. The molecule has 0 aromatic heterocycles. The predicted molar refractivity (Wildman–Crippen MR) is 121 cm³/mol. The van der Waals surface area contributed by atoms with E-state index >= 15 is 0 Å². The number of rotatable bonds is 6. The lowest BCUT2D eigenvalue weighted by Crippen LogP contribution is -2.51. The van der Waals surface area contributed by atoms with Crippen molar-refractivity contribution >= 4 is 23.4 Å². The van der Waals surface area contributed by atoms with Crippen LogP contribution in [0.1, 0.15) is 41.3 Å². The van der Waals surface area contributed by atoms with E-state index in [9.17, 15) is 19.5 Å². The molecule has 172 valence electrons. The Morgan fingerprint density at radius 2 is 1.64 bits per heavy atom. The van der Waals surface area contributed by atoms with Crippen molar-refractivity contribution in [3.05, 3.63) is 65.2 Å². The summed E-state index contributed by atoms with van der Waals surface area (Å²) in [5.74, 6) is 4.50. The Labute approximate surface area is 191 Å². The minimum atomic E-state index is -1.29. The van der Waals surface area contributed by atoms with E-state index in [0.29, 0.717) is 11.3 Å². The average molecular weight is 450 g/mol. The number of carbonyl (C=O) groups is 3. The van der Waals surface area contributed by atoms with Crippen molar-refractivity contribution in [1.29, 1.82) is 0 Å². The zero-order valence-electron chi connectivity index (χ0n) is 18.1. The van der Waals surface area contributed by atoms with Crippen molar-refractivity contribution in [3.8, 4) is 11.8 Å². The summed E-state index contributed by atoms with van der Waals surface area (Å²) < 4.78 is 0. The molecule has 0 spiro atoms. The maximum Gasteiger partial charge on any atom is 0.268 e. The molecule has 0 unspecified atom stereocenters. The van der Waals surface area contributed by atoms with Gasteiger partial charge in [0.15, 0.2) is 0 Å². The molecule has 0 aliphatic carbocycles. The minimum absolute atomic E-state index is 0.0350. The maximum atomic E-state index is 12.3. The van der Waals surface area contributed by atoms with Gasteiger partial charge in [-0.15, -0.1) is 0 Å². The van der Waals surface area contributed by atoms with Crippen molar-refractivity contribution in [2.75, 3.05) is 11.9 Å². The van der Waals surface area contributed by atoms with Crippen LogP contribution in [-0.2, 0) is 9.59 Å². The summed E-state index contributed by atoms with van der Waals surface area (Å²) in [5, 5.41) is 26.8. The monoisotopic (exact) mass is 450 g/mol. The van der Waals surface area contributed by atoms with Crippen LogP contribution in [-0.4, -0.2) is 52.8 Å². The number of hydroxylamine groups is 1. The third-order valence-electron chi connectivity index (χ3n) is 5.19. The number of aliphatic hydroxyl groups is 1. The Balaban J connectivity index is 1.59. The number of anilines is 1. The number of nitrogens with one attached hydrogen (secondary N) is 4. The van der Waals surface area contributed by atoms with Crippen LogP contribution in [0, 0.1) is 11.8 Å². The first kappa shape index (κ1) is 23.9. The van der Waals surface area contributed by atoms with E-state index in [1.165, 1.54) is 12.4 Å². The topological polar surface area (TPSA) is 140 Å². The molecule has 0 bridgehead atoms. The van der Waals surface area contributed by atoms with Gasteiger partial charge in [0.1, 0.15) is 6.04 Å². The highest BCUT2D eigenvalue weighted by molar-refractivity contribution is 5.97. The molecule has 1 heterocycles. The van der Waals surface area contributed by atoms with Gasteiger partial charge in [-0.25, -0.2) is 5.48 Å². The normalized spacial score (nSPS) is 16.6. The van der Waals surface area contributed by atoms with Crippen molar-refractivity contribution in [2.45, 2.75) is 38.0 Å². The second-order valence-corrected chi connectivity index (χ2v) is 7.71. The van der Waals surface area contributed by atoms with Gasteiger partial charge in [0.05, 0.1) is 12.1 Å². The molecular formula is C24H26N4O5. The van der Waals surface area contributed by atoms with Crippen LogP contribution < -0.4 is 21.4 Å². The molecule has 1 aliphatic heterocycles. The Morgan fingerprint density at radius 3 is 2.15 bits per heavy atom. The fraction of sp³-hybridized carbons (Fsp3) is 0.292. The zero-order chi connectivity index (χ0) is 23.8. The van der Waals surface area contributed by atoms with Gasteiger partial charge < -0.3 is 21.1 Å². The van der Waals surface area contributed by atoms with Gasteiger partial charge in [-0.1, -0.05) is 11.8 Å². The van der Waals surface area contributed by atoms with Crippen LogP contribution in [0.25, 0.3) is 0 Å². The maximum absolute atomic E-state index is 12.3. The first-order valence-corrected chi connectivity index (χ1v) is 10.6. The van der Waals surface area contributed by atoms with E-state index < -0.39 is 24.0 Å². The number of benzene rings is 2. The third kappa shape index (κ3) is 6.63. The molecule has 2 aromatic rings. The van der Waals surface area contributed by atoms with Crippen molar-refractivity contribution in [2.24, 2.45) is 0 Å². The van der Waals surface area contributed by atoms with Gasteiger partial charge in [0, 0.05) is 22.4 Å². The van der Waals surface area contributed by atoms with E-state index in [1.54, 1.807) is 36.4 Å². The van der Waals surface area contributed by atoms with Gasteiger partial charge in [-0.2, -0.15) is 0 Å². The molecule has 0 radical (unpaired) electrons. The first-order chi connectivity index (χ1) is 15.9. The van der Waals surface area contributed by atoms with Crippen molar-refractivity contribution in [3.63, 3.8) is 0 Å². The average Bonchev–Trinajstić information content (AvgIpc) is 3.37. The summed E-state index contributed by atoms with van der Waals surface area (Å²) >= 11 is 0. The molecule has 1 aliphatic rings. The highest BCUT2D eigenvalue weighted by Crippen LogP contribution is 2.12. The summed E-state index contributed by atoms with van der Waals surface area (Å²) in [6, 6.07) is 12.2. The molecule has 1 fully saturated rings. The number of amides is 3. The highest BCUT2D eigenvalue weighted by atomic mass is 16.5. The van der Waals surface area contributed by atoms with Crippen LogP contribution in [0.4, 0.5) is 5.69 Å². The molecule has 1 saturated heterocycles. The molecule has 2 aromatic carbocycles. The Bertz CT molecular complexity index is 1050. The molecule has 9 heteroatoms. The number of aliphatic hydroxyl groups excluding tert-OH is 1. The molecule has 3 rings (SSSR count).